The highest BCUT2D eigenvalue weighted by Crippen LogP contribution is 2.17. The zero-order valence-corrected chi connectivity index (χ0v) is 11.4. The van der Waals surface area contributed by atoms with E-state index < -0.39 is 0 Å². The molecule has 0 amide bonds. The summed E-state index contributed by atoms with van der Waals surface area (Å²) in [4.78, 5) is 8.72. The lowest BCUT2D eigenvalue weighted by molar-refractivity contribution is 0.959. The highest BCUT2D eigenvalue weighted by atomic mass is 32.2. The number of thioether (sulfide) groups is 1. The predicted octanol–water partition coefficient (Wildman–Crippen LogP) is 2.91. The molecule has 4 nitrogen and oxygen atoms in total. The Labute approximate surface area is 109 Å². The molecule has 0 aliphatic heterocycles. The standard InChI is InChI=1S/C11H14N4S2/c1-12-9-5-10(15-11(14-9)16-2)13-6-8-3-4-17-7-8/h3-5,7H,6H2,1-2H3,(H2,12,13,14,15). The first kappa shape index (κ1) is 12.2. The topological polar surface area (TPSA) is 49.8 Å². The molecule has 0 atom stereocenters. The van der Waals surface area contributed by atoms with Crippen LogP contribution in [0.2, 0.25) is 0 Å². The second-order valence-electron chi connectivity index (χ2n) is 3.36. The summed E-state index contributed by atoms with van der Waals surface area (Å²) >= 11 is 3.24. The van der Waals surface area contributed by atoms with E-state index >= 15 is 0 Å². The van der Waals surface area contributed by atoms with Gasteiger partial charge in [-0.25, -0.2) is 9.97 Å². The maximum Gasteiger partial charge on any atom is 0.191 e. The minimum atomic E-state index is 0.768. The summed E-state index contributed by atoms with van der Waals surface area (Å²) in [7, 11) is 1.86. The first-order valence-corrected chi connectivity index (χ1v) is 7.34. The second kappa shape index (κ2) is 5.88. The first-order valence-electron chi connectivity index (χ1n) is 5.17. The average molecular weight is 266 g/mol. The normalized spacial score (nSPS) is 10.2. The summed E-state index contributed by atoms with van der Waals surface area (Å²) in [6, 6.07) is 4.01. The van der Waals surface area contributed by atoms with Crippen LogP contribution in [0.3, 0.4) is 0 Å². The fourth-order valence-corrected chi connectivity index (χ4v) is 2.37. The van der Waals surface area contributed by atoms with Crippen molar-refractivity contribution in [1.29, 1.82) is 0 Å². The Morgan fingerprint density at radius 3 is 2.82 bits per heavy atom. The monoisotopic (exact) mass is 266 g/mol. The fourth-order valence-electron chi connectivity index (χ4n) is 1.32. The molecule has 0 saturated carbocycles. The van der Waals surface area contributed by atoms with Crippen LogP contribution >= 0.6 is 23.1 Å². The number of nitrogens with zero attached hydrogens (tertiary/aromatic N) is 2. The second-order valence-corrected chi connectivity index (χ2v) is 4.91. The summed E-state index contributed by atoms with van der Waals surface area (Å²) in [6.45, 7) is 0.789. The molecule has 17 heavy (non-hydrogen) atoms. The van der Waals surface area contributed by atoms with E-state index in [9.17, 15) is 0 Å². The van der Waals surface area contributed by atoms with Gasteiger partial charge in [-0.15, -0.1) is 0 Å². The van der Waals surface area contributed by atoms with Crippen molar-refractivity contribution >= 4 is 34.7 Å². The van der Waals surface area contributed by atoms with Crippen molar-refractivity contribution < 1.29 is 0 Å². The van der Waals surface area contributed by atoms with Gasteiger partial charge in [0.25, 0.3) is 0 Å². The van der Waals surface area contributed by atoms with Crippen LogP contribution in [0, 0.1) is 0 Å². The van der Waals surface area contributed by atoms with Gasteiger partial charge in [-0.1, -0.05) is 11.8 Å². The molecule has 0 radical (unpaired) electrons. The SMILES string of the molecule is CNc1cc(NCc2ccsc2)nc(SC)n1. The third-order valence-electron chi connectivity index (χ3n) is 2.20. The lowest BCUT2D eigenvalue weighted by Gasteiger charge is -2.08. The van der Waals surface area contributed by atoms with E-state index in [0.717, 1.165) is 23.3 Å². The van der Waals surface area contributed by atoms with Crippen molar-refractivity contribution in [3.63, 3.8) is 0 Å². The molecule has 0 saturated heterocycles. The van der Waals surface area contributed by atoms with Gasteiger partial charge in [-0.3, -0.25) is 0 Å². The van der Waals surface area contributed by atoms with Crippen LogP contribution in [0.25, 0.3) is 0 Å². The molecule has 2 heterocycles. The molecule has 6 heteroatoms. The number of anilines is 2. The summed E-state index contributed by atoms with van der Waals surface area (Å²) < 4.78 is 0. The molecule has 0 fully saturated rings. The minimum Gasteiger partial charge on any atom is -0.373 e. The Hall–Kier alpha value is -1.27. The maximum absolute atomic E-state index is 4.40. The molecule has 0 aromatic carbocycles. The van der Waals surface area contributed by atoms with Gasteiger partial charge in [0.1, 0.15) is 11.6 Å². The first-order chi connectivity index (χ1) is 8.31. The molecule has 90 valence electrons. The summed E-state index contributed by atoms with van der Waals surface area (Å²) in [6.07, 6.45) is 1.97. The highest BCUT2D eigenvalue weighted by molar-refractivity contribution is 7.98. The van der Waals surface area contributed by atoms with E-state index in [-0.39, 0.29) is 0 Å². The molecule has 2 aromatic heterocycles. The molecule has 0 spiro atoms. The number of nitrogens with one attached hydrogen (secondary N) is 2. The third kappa shape index (κ3) is 3.34. The summed E-state index contributed by atoms with van der Waals surface area (Å²) in [5, 5.41) is 11.3. The Kier molecular flexibility index (Phi) is 4.22. The Morgan fingerprint density at radius 1 is 1.35 bits per heavy atom. The van der Waals surface area contributed by atoms with E-state index in [2.05, 4.69) is 37.4 Å². The quantitative estimate of drug-likeness (QED) is 0.644. The van der Waals surface area contributed by atoms with Crippen molar-refractivity contribution in [3.05, 3.63) is 28.5 Å². The largest absolute Gasteiger partial charge is 0.373 e. The summed E-state index contributed by atoms with van der Waals surface area (Å²) in [5.41, 5.74) is 1.27. The average Bonchev–Trinajstić information content (AvgIpc) is 2.89. The van der Waals surface area contributed by atoms with Crippen LogP contribution in [-0.4, -0.2) is 23.3 Å². The fraction of sp³-hybridized carbons (Fsp3) is 0.273. The molecular formula is C11H14N4S2. The lowest BCUT2D eigenvalue weighted by Crippen LogP contribution is -2.04. The number of thiophene rings is 1. The van der Waals surface area contributed by atoms with E-state index in [1.54, 1.807) is 11.3 Å². The molecule has 0 bridgehead atoms. The van der Waals surface area contributed by atoms with Gasteiger partial charge in [0.2, 0.25) is 0 Å². The molecule has 0 unspecified atom stereocenters. The predicted molar refractivity (Wildman–Crippen MR) is 75.0 cm³/mol. The van der Waals surface area contributed by atoms with Crippen LogP contribution in [0.4, 0.5) is 11.6 Å². The van der Waals surface area contributed by atoms with Crippen molar-refractivity contribution in [2.45, 2.75) is 11.7 Å². The smallest absolute Gasteiger partial charge is 0.191 e. The van der Waals surface area contributed by atoms with E-state index in [1.807, 2.05) is 19.4 Å². The van der Waals surface area contributed by atoms with Gasteiger partial charge >= 0.3 is 0 Å². The van der Waals surface area contributed by atoms with Crippen molar-refractivity contribution in [2.75, 3.05) is 23.9 Å². The molecule has 0 aliphatic carbocycles. The van der Waals surface area contributed by atoms with Gasteiger partial charge in [0.15, 0.2) is 5.16 Å². The molecule has 0 aliphatic rings. The van der Waals surface area contributed by atoms with Crippen molar-refractivity contribution in [3.8, 4) is 0 Å². The lowest BCUT2D eigenvalue weighted by atomic mass is 10.3. The Morgan fingerprint density at radius 2 is 2.18 bits per heavy atom. The van der Waals surface area contributed by atoms with Gasteiger partial charge in [-0.05, 0) is 28.6 Å². The minimum absolute atomic E-state index is 0.768. The van der Waals surface area contributed by atoms with Crippen molar-refractivity contribution in [1.82, 2.24) is 9.97 Å². The number of rotatable bonds is 5. The Bertz CT molecular complexity index is 448. The van der Waals surface area contributed by atoms with E-state index in [0.29, 0.717) is 0 Å². The van der Waals surface area contributed by atoms with Gasteiger partial charge in [0, 0.05) is 19.7 Å². The summed E-state index contributed by atoms with van der Waals surface area (Å²) in [5.74, 6) is 1.68. The van der Waals surface area contributed by atoms with Crippen LogP contribution in [0.15, 0.2) is 28.0 Å². The third-order valence-corrected chi connectivity index (χ3v) is 3.48. The number of aromatic nitrogens is 2. The molecule has 2 N–H and O–H groups in total. The zero-order valence-electron chi connectivity index (χ0n) is 9.73. The molecule has 2 rings (SSSR count). The van der Waals surface area contributed by atoms with E-state index in [4.69, 9.17) is 0 Å². The maximum atomic E-state index is 4.40. The van der Waals surface area contributed by atoms with E-state index in [1.165, 1.54) is 17.3 Å². The van der Waals surface area contributed by atoms with Gasteiger partial charge in [0.05, 0.1) is 0 Å². The van der Waals surface area contributed by atoms with Crippen molar-refractivity contribution in [2.24, 2.45) is 0 Å². The molecular weight excluding hydrogens is 252 g/mol. The van der Waals surface area contributed by atoms with Crippen LogP contribution in [0.5, 0.6) is 0 Å². The van der Waals surface area contributed by atoms with Gasteiger partial charge in [-0.2, -0.15) is 11.3 Å². The highest BCUT2D eigenvalue weighted by Gasteiger charge is 2.02. The molecule has 2 aromatic rings. The van der Waals surface area contributed by atoms with Gasteiger partial charge < -0.3 is 10.6 Å². The van der Waals surface area contributed by atoms with Crippen LogP contribution in [0.1, 0.15) is 5.56 Å². The zero-order chi connectivity index (χ0) is 12.1. The Balaban J connectivity index is 2.09. The van der Waals surface area contributed by atoms with Crippen LogP contribution in [-0.2, 0) is 6.54 Å². The van der Waals surface area contributed by atoms with Crippen LogP contribution < -0.4 is 10.6 Å². The number of hydrogen-bond donors (Lipinski definition) is 2. The number of hydrogen-bond acceptors (Lipinski definition) is 6.